The van der Waals surface area contributed by atoms with E-state index < -0.39 is 11.0 Å². The number of rotatable bonds is 5. The minimum Gasteiger partial charge on any atom is -0.365 e. The van der Waals surface area contributed by atoms with E-state index in [0.29, 0.717) is 5.25 Å². The maximum absolute atomic E-state index is 10.1. The Morgan fingerprint density at radius 3 is 2.64 bits per heavy atom. The monoisotopic (exact) mass is 496 g/mol. The largest absolute Gasteiger partial charge is 0.365 e. The van der Waals surface area contributed by atoms with Crippen molar-refractivity contribution >= 4 is 44.0 Å². The first-order valence-corrected chi connectivity index (χ1v) is 13.4. The van der Waals surface area contributed by atoms with Crippen molar-refractivity contribution in [2.45, 2.75) is 37.0 Å². The maximum atomic E-state index is 10.1. The molecule has 2 unspecified atom stereocenters. The second kappa shape index (κ2) is 9.28. The van der Waals surface area contributed by atoms with Crippen molar-refractivity contribution in [3.05, 3.63) is 87.9 Å². The Bertz CT molecular complexity index is 1330. The molecule has 4 aromatic rings. The van der Waals surface area contributed by atoms with Gasteiger partial charge in [0.2, 0.25) is 0 Å². The van der Waals surface area contributed by atoms with Crippen molar-refractivity contribution in [3.8, 4) is 11.3 Å². The number of fused-ring (bicyclic) bond motifs is 1. The van der Waals surface area contributed by atoms with Crippen LogP contribution in [0.15, 0.2) is 66.9 Å². The number of thiophene rings is 1. The van der Waals surface area contributed by atoms with Crippen LogP contribution in [0.1, 0.15) is 35.8 Å². The highest BCUT2D eigenvalue weighted by atomic mass is 35.5. The number of hydrogen-bond acceptors (Lipinski definition) is 4. The van der Waals surface area contributed by atoms with Gasteiger partial charge >= 0.3 is 0 Å². The molecule has 3 heterocycles. The number of ether oxygens (including phenoxy) is 1. The molecule has 0 amide bonds. The minimum absolute atomic E-state index is 0.143. The summed E-state index contributed by atoms with van der Waals surface area (Å²) >= 11 is 8.17. The van der Waals surface area contributed by atoms with Gasteiger partial charge in [-0.15, -0.1) is 11.3 Å². The Kier molecular flexibility index (Phi) is 6.38. The molecule has 2 atom stereocenters. The lowest BCUT2D eigenvalue weighted by Crippen LogP contribution is -2.06. The standard InChI is InChI=1S/C23H18ClNOS.C3H7NOS/c1-23(14-26-23)17-9-10-25-21(13-17)19-7-4-6-16-12-18(27-22(16)19)11-15-5-2-3-8-20(15)24;4-6(5)3-1-2-3/h2-10,12-13H,11,14H2,1H3;3H,1-2,4H2. The molecule has 0 radical (unpaired) electrons. The topological polar surface area (TPSA) is 68.5 Å². The average molecular weight is 497 g/mol. The van der Waals surface area contributed by atoms with E-state index in [2.05, 4.69) is 48.3 Å². The van der Waals surface area contributed by atoms with Crippen molar-refractivity contribution < 1.29 is 8.95 Å². The molecular formula is C26H25ClN2O2S2. The van der Waals surface area contributed by atoms with Crippen LogP contribution in [0.3, 0.4) is 0 Å². The zero-order valence-corrected chi connectivity index (χ0v) is 20.7. The Morgan fingerprint density at radius 1 is 1.18 bits per heavy atom. The molecule has 33 heavy (non-hydrogen) atoms. The Morgan fingerprint density at radius 2 is 1.97 bits per heavy atom. The van der Waals surface area contributed by atoms with Crippen molar-refractivity contribution in [3.63, 3.8) is 0 Å². The number of nitrogens with zero attached hydrogens (tertiary/aromatic N) is 1. The van der Waals surface area contributed by atoms with E-state index in [4.69, 9.17) is 21.5 Å². The predicted octanol–water partition coefficient (Wildman–Crippen LogP) is 6.22. The lowest BCUT2D eigenvalue weighted by Gasteiger charge is -2.08. The van der Waals surface area contributed by atoms with Gasteiger partial charge in [-0.2, -0.15) is 0 Å². The predicted molar refractivity (Wildman–Crippen MR) is 138 cm³/mol. The SMILES string of the molecule is CC1(c2ccnc(-c3cccc4cc(Cc5ccccc5Cl)sc34)c2)CO1.NS(=O)C1CC1. The number of epoxide rings is 1. The van der Waals surface area contributed by atoms with Gasteiger partial charge in [0.1, 0.15) is 5.60 Å². The first-order valence-electron chi connectivity index (χ1n) is 10.9. The Hall–Kier alpha value is -2.09. The molecule has 7 heteroatoms. The van der Waals surface area contributed by atoms with Gasteiger partial charge in [-0.05, 0) is 60.5 Å². The fraction of sp³-hybridized carbons (Fsp3) is 0.269. The quantitative estimate of drug-likeness (QED) is 0.333. The summed E-state index contributed by atoms with van der Waals surface area (Å²) in [5, 5.41) is 7.39. The fourth-order valence-corrected chi connectivity index (χ4v) is 5.72. The highest BCUT2D eigenvalue weighted by molar-refractivity contribution is 7.83. The third kappa shape index (κ3) is 5.20. The Balaban J connectivity index is 0.000000332. The van der Waals surface area contributed by atoms with E-state index in [9.17, 15) is 4.21 Å². The molecule has 2 fully saturated rings. The molecular weight excluding hydrogens is 472 g/mol. The van der Waals surface area contributed by atoms with Crippen LogP contribution in [-0.4, -0.2) is 21.0 Å². The molecule has 2 N–H and O–H groups in total. The Labute approximate surface area is 205 Å². The molecule has 6 rings (SSSR count). The summed E-state index contributed by atoms with van der Waals surface area (Å²) in [7, 11) is -1.01. The number of hydrogen-bond donors (Lipinski definition) is 1. The molecule has 2 aliphatic rings. The van der Waals surface area contributed by atoms with Crippen LogP contribution in [0.25, 0.3) is 21.3 Å². The molecule has 0 spiro atoms. The second-order valence-electron chi connectivity index (χ2n) is 8.68. The van der Waals surface area contributed by atoms with Crippen molar-refractivity contribution in [2.24, 2.45) is 5.14 Å². The van der Waals surface area contributed by atoms with Crippen LogP contribution in [0.5, 0.6) is 0 Å². The molecule has 2 aromatic carbocycles. The number of benzene rings is 2. The lowest BCUT2D eigenvalue weighted by atomic mass is 10.0. The number of aromatic nitrogens is 1. The third-order valence-electron chi connectivity index (χ3n) is 5.99. The van der Waals surface area contributed by atoms with Crippen LogP contribution in [0.2, 0.25) is 5.02 Å². The van der Waals surface area contributed by atoms with Gasteiger partial charge in [-0.25, -0.2) is 4.21 Å². The smallest absolute Gasteiger partial charge is 0.114 e. The van der Waals surface area contributed by atoms with E-state index in [1.165, 1.54) is 26.1 Å². The highest BCUT2D eigenvalue weighted by Gasteiger charge is 2.41. The molecule has 1 saturated heterocycles. The molecule has 1 aliphatic heterocycles. The highest BCUT2D eigenvalue weighted by Crippen LogP contribution is 2.40. The van der Waals surface area contributed by atoms with Gasteiger partial charge in [-0.3, -0.25) is 10.1 Å². The van der Waals surface area contributed by atoms with Crippen LogP contribution < -0.4 is 5.14 Å². The van der Waals surface area contributed by atoms with E-state index in [-0.39, 0.29) is 5.60 Å². The summed E-state index contributed by atoms with van der Waals surface area (Å²) < 4.78 is 17.0. The number of pyridine rings is 1. The summed E-state index contributed by atoms with van der Waals surface area (Å²) in [5.74, 6) is 0. The molecule has 0 bridgehead atoms. The normalized spacial score (nSPS) is 20.2. The average Bonchev–Trinajstić information content (AvgIpc) is 3.74. The summed E-state index contributed by atoms with van der Waals surface area (Å²) in [5.41, 5.74) is 4.38. The van der Waals surface area contributed by atoms with Gasteiger partial charge < -0.3 is 4.74 Å². The zero-order valence-electron chi connectivity index (χ0n) is 18.3. The van der Waals surface area contributed by atoms with E-state index in [1.807, 2.05) is 41.8 Å². The van der Waals surface area contributed by atoms with Crippen LogP contribution in [0, 0.1) is 0 Å². The zero-order chi connectivity index (χ0) is 23.0. The van der Waals surface area contributed by atoms with E-state index in [1.54, 1.807) is 0 Å². The molecule has 170 valence electrons. The van der Waals surface area contributed by atoms with Crippen LogP contribution >= 0.6 is 22.9 Å². The first-order chi connectivity index (χ1) is 15.9. The maximum Gasteiger partial charge on any atom is 0.114 e. The molecule has 4 nitrogen and oxygen atoms in total. The lowest BCUT2D eigenvalue weighted by molar-refractivity contribution is 0.329. The van der Waals surface area contributed by atoms with Crippen LogP contribution in [-0.2, 0) is 27.7 Å². The first kappa shape index (κ1) is 22.7. The number of halogens is 1. The van der Waals surface area contributed by atoms with Gasteiger partial charge in [0.15, 0.2) is 0 Å². The molecule has 1 aliphatic carbocycles. The van der Waals surface area contributed by atoms with Crippen molar-refractivity contribution in [1.82, 2.24) is 4.98 Å². The van der Waals surface area contributed by atoms with Crippen LogP contribution in [0.4, 0.5) is 0 Å². The summed E-state index contributed by atoms with van der Waals surface area (Å²) in [6.07, 6.45) is 4.87. The van der Waals surface area contributed by atoms with Crippen molar-refractivity contribution in [2.75, 3.05) is 6.61 Å². The minimum atomic E-state index is -1.01. The summed E-state index contributed by atoms with van der Waals surface area (Å²) in [6, 6.07) is 21.0. The molecule has 2 aromatic heterocycles. The van der Waals surface area contributed by atoms with Gasteiger partial charge in [0.25, 0.3) is 0 Å². The van der Waals surface area contributed by atoms with Gasteiger partial charge in [-0.1, -0.05) is 48.0 Å². The van der Waals surface area contributed by atoms with E-state index in [0.717, 1.165) is 42.1 Å². The van der Waals surface area contributed by atoms with Gasteiger partial charge in [0.05, 0.1) is 23.3 Å². The van der Waals surface area contributed by atoms with E-state index >= 15 is 0 Å². The third-order valence-corrected chi connectivity index (χ3v) is 8.68. The van der Waals surface area contributed by atoms with Gasteiger partial charge in [0, 0.05) is 38.0 Å². The second-order valence-corrected chi connectivity index (χ2v) is 11.5. The summed E-state index contributed by atoms with van der Waals surface area (Å²) in [6.45, 7) is 2.90. The molecule has 1 saturated carbocycles. The summed E-state index contributed by atoms with van der Waals surface area (Å²) in [4.78, 5) is 5.94. The number of nitrogens with two attached hydrogens (primary N) is 1. The fourth-order valence-electron chi connectivity index (χ4n) is 3.72. The van der Waals surface area contributed by atoms with Crippen molar-refractivity contribution in [1.29, 1.82) is 0 Å².